The number of hydrogen-bond acceptors (Lipinski definition) is 3. The first-order chi connectivity index (χ1) is 9.79. The van der Waals surface area contributed by atoms with Crippen LogP contribution in [0.1, 0.15) is 31.2 Å². The summed E-state index contributed by atoms with van der Waals surface area (Å²) >= 11 is 5.98. The Balaban J connectivity index is 0.00000242. The number of carboxylic acids is 1. The Bertz CT molecular complexity index is 691. The third-order valence-electron chi connectivity index (χ3n) is 3.67. The Labute approximate surface area is 157 Å². The molecule has 0 unspecified atom stereocenters. The number of halogens is 1. The Kier molecular flexibility index (Phi) is 7.15. The Morgan fingerprint density at radius 1 is 1.32 bits per heavy atom. The number of allylic oxidation sites excluding steroid dienone is 1. The van der Waals surface area contributed by atoms with E-state index in [1.165, 1.54) is 18.2 Å². The summed E-state index contributed by atoms with van der Waals surface area (Å²) in [6.45, 7) is 0. The molecule has 0 heterocycles. The summed E-state index contributed by atoms with van der Waals surface area (Å²) < 4.78 is 23.1. The zero-order chi connectivity index (χ0) is 15.6. The van der Waals surface area contributed by atoms with Crippen LogP contribution in [0.25, 0.3) is 5.57 Å². The quantitative estimate of drug-likeness (QED) is 0.668. The van der Waals surface area contributed by atoms with E-state index in [9.17, 15) is 18.3 Å². The van der Waals surface area contributed by atoms with E-state index in [4.69, 9.17) is 11.6 Å². The van der Waals surface area contributed by atoms with E-state index < -0.39 is 15.8 Å². The number of benzene rings is 1. The van der Waals surface area contributed by atoms with E-state index in [2.05, 4.69) is 0 Å². The molecule has 0 atom stereocenters. The van der Waals surface area contributed by atoms with E-state index in [1.54, 1.807) is 6.08 Å². The van der Waals surface area contributed by atoms with Crippen molar-refractivity contribution in [2.75, 3.05) is 6.26 Å². The van der Waals surface area contributed by atoms with Crippen molar-refractivity contribution in [1.82, 2.24) is 0 Å². The van der Waals surface area contributed by atoms with E-state index in [-0.39, 0.29) is 51.0 Å². The molecule has 2 rings (SSSR count). The minimum atomic E-state index is -3.42. The molecule has 1 N–H and O–H groups in total. The van der Waals surface area contributed by atoms with Crippen molar-refractivity contribution in [3.05, 3.63) is 34.9 Å². The summed E-state index contributed by atoms with van der Waals surface area (Å²) in [5.41, 5.74) is 0.621. The Hall–Kier alpha value is -0.330. The standard InChI is InChI=1S/C15H17ClO4S.Na.H/c1-21(19,20)14-7-6-11(9-13(14)16)12(15(17)18)8-10-4-2-3-5-10;;/h6-10H,2-5H2,1H3,(H,17,18);;. The second-order valence-corrected chi connectivity index (χ2v) is 7.74. The van der Waals surface area contributed by atoms with Crippen LogP contribution in [0.15, 0.2) is 29.2 Å². The number of aliphatic carboxylic acids is 1. The molecule has 0 aromatic heterocycles. The predicted molar refractivity (Wildman–Crippen MR) is 89.3 cm³/mol. The second-order valence-electron chi connectivity index (χ2n) is 5.35. The zero-order valence-electron chi connectivity index (χ0n) is 11.7. The van der Waals surface area contributed by atoms with Crippen LogP contribution >= 0.6 is 11.6 Å². The van der Waals surface area contributed by atoms with Crippen molar-refractivity contribution in [2.45, 2.75) is 30.6 Å². The fourth-order valence-electron chi connectivity index (χ4n) is 2.62. The minimum absolute atomic E-state index is 0. The van der Waals surface area contributed by atoms with Crippen molar-refractivity contribution >= 4 is 62.5 Å². The van der Waals surface area contributed by atoms with Crippen LogP contribution in [-0.2, 0) is 14.6 Å². The van der Waals surface area contributed by atoms with Gasteiger partial charge in [0.1, 0.15) is 0 Å². The van der Waals surface area contributed by atoms with Gasteiger partial charge in [-0.3, -0.25) is 0 Å². The van der Waals surface area contributed by atoms with E-state index in [1.807, 2.05) is 0 Å². The molecule has 0 saturated heterocycles. The first-order valence-corrected chi connectivity index (χ1v) is 9.01. The van der Waals surface area contributed by atoms with Crippen molar-refractivity contribution in [3.8, 4) is 0 Å². The van der Waals surface area contributed by atoms with Gasteiger partial charge in [0.25, 0.3) is 0 Å². The third kappa shape index (κ3) is 4.83. The predicted octanol–water partition coefficient (Wildman–Crippen LogP) is 2.75. The molecule has 22 heavy (non-hydrogen) atoms. The van der Waals surface area contributed by atoms with Gasteiger partial charge < -0.3 is 5.11 Å². The SMILES string of the molecule is CS(=O)(=O)c1ccc(C(=CC2CCCC2)C(=O)O)cc1Cl.[NaH]. The number of sulfone groups is 1. The van der Waals surface area contributed by atoms with Crippen molar-refractivity contribution in [1.29, 1.82) is 0 Å². The number of carbonyl (C=O) groups is 1. The van der Waals surface area contributed by atoms with E-state index >= 15 is 0 Å². The summed E-state index contributed by atoms with van der Waals surface area (Å²) in [7, 11) is -3.42. The normalized spacial score (nSPS) is 16.4. The summed E-state index contributed by atoms with van der Waals surface area (Å²) in [6, 6.07) is 4.27. The third-order valence-corrected chi connectivity index (χ3v) is 5.25. The zero-order valence-corrected chi connectivity index (χ0v) is 13.2. The molecule has 7 heteroatoms. The number of carboxylic acid groups (broad SMARTS) is 1. The van der Waals surface area contributed by atoms with Crippen molar-refractivity contribution in [2.24, 2.45) is 5.92 Å². The van der Waals surface area contributed by atoms with Crippen LogP contribution in [0.4, 0.5) is 0 Å². The van der Waals surface area contributed by atoms with Gasteiger partial charge in [0.05, 0.1) is 15.5 Å². The number of hydrogen-bond donors (Lipinski definition) is 1. The van der Waals surface area contributed by atoms with Gasteiger partial charge in [-0.1, -0.05) is 36.6 Å². The molecule has 116 valence electrons. The van der Waals surface area contributed by atoms with Crippen LogP contribution in [0, 0.1) is 5.92 Å². The molecule has 0 amide bonds. The molecular weight excluding hydrogens is 335 g/mol. The van der Waals surface area contributed by atoms with Crippen molar-refractivity contribution in [3.63, 3.8) is 0 Å². The van der Waals surface area contributed by atoms with Crippen LogP contribution in [0.3, 0.4) is 0 Å². The first kappa shape index (κ1) is 19.7. The molecule has 1 aliphatic rings. The molecule has 1 aromatic rings. The maximum absolute atomic E-state index is 11.5. The molecule has 0 spiro atoms. The van der Waals surface area contributed by atoms with Crippen LogP contribution in [-0.4, -0.2) is 55.3 Å². The number of rotatable bonds is 4. The Morgan fingerprint density at radius 3 is 2.36 bits per heavy atom. The molecule has 0 aliphatic heterocycles. The van der Waals surface area contributed by atoms with E-state index in [0.29, 0.717) is 5.56 Å². The molecule has 1 saturated carbocycles. The average Bonchev–Trinajstić information content (AvgIpc) is 2.86. The molecule has 0 radical (unpaired) electrons. The fraction of sp³-hybridized carbons (Fsp3) is 0.400. The van der Waals surface area contributed by atoms with E-state index in [0.717, 1.165) is 31.9 Å². The van der Waals surface area contributed by atoms with Gasteiger partial charge in [-0.15, -0.1) is 0 Å². The van der Waals surface area contributed by atoms with Gasteiger partial charge in [-0.05, 0) is 36.5 Å². The van der Waals surface area contributed by atoms with Gasteiger partial charge in [-0.2, -0.15) is 0 Å². The molecule has 1 fully saturated rings. The van der Waals surface area contributed by atoms with Gasteiger partial charge in [0, 0.05) is 6.26 Å². The topological polar surface area (TPSA) is 71.4 Å². The maximum atomic E-state index is 11.5. The summed E-state index contributed by atoms with van der Waals surface area (Å²) in [5.74, 6) is -0.755. The fourth-order valence-corrected chi connectivity index (χ4v) is 3.95. The molecule has 1 aromatic carbocycles. The van der Waals surface area contributed by atoms with Crippen LogP contribution in [0.5, 0.6) is 0 Å². The molecule has 4 nitrogen and oxygen atoms in total. The van der Waals surface area contributed by atoms with Gasteiger partial charge >= 0.3 is 35.5 Å². The summed E-state index contributed by atoms with van der Waals surface area (Å²) in [4.78, 5) is 11.5. The summed E-state index contributed by atoms with van der Waals surface area (Å²) in [6.07, 6.45) is 7.04. The van der Waals surface area contributed by atoms with Crippen LogP contribution in [0.2, 0.25) is 5.02 Å². The Morgan fingerprint density at radius 2 is 1.91 bits per heavy atom. The second kappa shape index (κ2) is 7.97. The van der Waals surface area contributed by atoms with Crippen molar-refractivity contribution < 1.29 is 18.3 Å². The molecule has 1 aliphatic carbocycles. The average molecular weight is 353 g/mol. The monoisotopic (exact) mass is 352 g/mol. The van der Waals surface area contributed by atoms with Gasteiger partial charge in [0.2, 0.25) is 0 Å². The van der Waals surface area contributed by atoms with Crippen LogP contribution < -0.4 is 0 Å². The molecule has 0 bridgehead atoms. The summed E-state index contributed by atoms with van der Waals surface area (Å²) in [5, 5.41) is 9.43. The van der Waals surface area contributed by atoms with Gasteiger partial charge in [-0.25, -0.2) is 13.2 Å². The van der Waals surface area contributed by atoms with Gasteiger partial charge in [0.15, 0.2) is 9.84 Å². The first-order valence-electron chi connectivity index (χ1n) is 6.74. The molecular formula is C15H18ClNaO4S.